The Morgan fingerprint density at radius 1 is 1.11 bits per heavy atom. The molecule has 1 heteroatoms. The fourth-order valence-electron chi connectivity index (χ4n) is 0.250. The Balaban J connectivity index is 0.000000173. The van der Waals surface area contributed by atoms with Crippen LogP contribution in [0.5, 0.6) is 0 Å². The first-order valence-electron chi connectivity index (χ1n) is 3.83. The van der Waals surface area contributed by atoms with E-state index < -0.39 is 0 Å². The third kappa shape index (κ3) is 11.3. The van der Waals surface area contributed by atoms with E-state index in [-0.39, 0.29) is 0 Å². The fourth-order valence-corrected chi connectivity index (χ4v) is 0.250. The van der Waals surface area contributed by atoms with E-state index in [1.807, 2.05) is 13.8 Å². The van der Waals surface area contributed by atoms with Crippen LogP contribution in [0, 0.1) is 0 Å². The number of hydrogen-bond donors (Lipinski definition) is 0. The Morgan fingerprint density at radius 3 is 1.44 bits per heavy atom. The van der Waals surface area contributed by atoms with Crippen LogP contribution in [0.2, 0.25) is 0 Å². The highest BCUT2D eigenvalue weighted by Crippen LogP contribution is 2.14. The van der Waals surface area contributed by atoms with E-state index in [0.29, 0.717) is 18.6 Å². The first-order valence-corrected chi connectivity index (χ1v) is 3.83. The highest BCUT2D eigenvalue weighted by atomic mass is 16.1. The second-order valence-electron chi connectivity index (χ2n) is 2.31. The predicted molar refractivity (Wildman–Crippen MR) is 39.4 cm³/mol. The lowest BCUT2D eigenvalue weighted by atomic mass is 10.3. The van der Waals surface area contributed by atoms with E-state index in [1.54, 1.807) is 0 Å². The molecule has 0 aromatic rings. The van der Waals surface area contributed by atoms with Crippen LogP contribution in [-0.2, 0) is 4.79 Å². The average molecular weight is 128 g/mol. The average Bonchev–Trinajstić information content (AvgIpc) is 2.70. The molecule has 1 nitrogen and oxygen atoms in total. The smallest absolute Gasteiger partial charge is 0.132 e. The van der Waals surface area contributed by atoms with Gasteiger partial charge in [0.05, 0.1) is 0 Å². The van der Waals surface area contributed by atoms with Gasteiger partial charge >= 0.3 is 0 Å². The van der Waals surface area contributed by atoms with Crippen LogP contribution in [0.15, 0.2) is 0 Å². The Kier molecular flexibility index (Phi) is 5.59. The van der Waals surface area contributed by atoms with Gasteiger partial charge in [-0.15, -0.1) is 0 Å². The molecule has 0 atom stereocenters. The largest absolute Gasteiger partial charge is 0.300 e. The highest BCUT2D eigenvalue weighted by Gasteiger charge is 1.95. The molecule has 0 aromatic carbocycles. The molecule has 9 heavy (non-hydrogen) atoms. The summed E-state index contributed by atoms with van der Waals surface area (Å²) in [6.07, 6.45) is 5.88. The Labute approximate surface area is 57.5 Å². The van der Waals surface area contributed by atoms with Crippen molar-refractivity contribution in [2.45, 2.75) is 46.0 Å². The molecule has 0 radical (unpaired) electrons. The van der Waals surface area contributed by atoms with Crippen LogP contribution in [-0.4, -0.2) is 5.78 Å². The van der Waals surface area contributed by atoms with E-state index in [4.69, 9.17) is 0 Å². The maximum absolute atomic E-state index is 10.2. The quantitative estimate of drug-likeness (QED) is 0.558. The molecule has 54 valence electrons. The lowest BCUT2D eigenvalue weighted by Gasteiger charge is -1.81. The normalized spacial score (nSPS) is 13.6. The van der Waals surface area contributed by atoms with Gasteiger partial charge in [-0.3, -0.25) is 4.79 Å². The van der Waals surface area contributed by atoms with Crippen LogP contribution in [0.3, 0.4) is 0 Å². The molecule has 0 heterocycles. The zero-order valence-corrected chi connectivity index (χ0v) is 6.44. The minimum absolute atomic E-state index is 0.343. The van der Waals surface area contributed by atoms with Crippen LogP contribution in [0.4, 0.5) is 0 Å². The third-order valence-corrected chi connectivity index (χ3v) is 1.14. The molecule has 0 spiro atoms. The maximum Gasteiger partial charge on any atom is 0.132 e. The number of carbonyl (C=O) groups is 1. The van der Waals surface area contributed by atoms with Crippen LogP contribution < -0.4 is 0 Å². The molecule has 0 N–H and O–H groups in total. The summed E-state index contributed by atoms with van der Waals surface area (Å²) in [5.41, 5.74) is 0. The van der Waals surface area contributed by atoms with Crippen molar-refractivity contribution in [2.24, 2.45) is 0 Å². The second kappa shape index (κ2) is 5.80. The Hall–Kier alpha value is -0.330. The van der Waals surface area contributed by atoms with Gasteiger partial charge in [0.15, 0.2) is 0 Å². The molecule has 0 saturated heterocycles. The molecular weight excluding hydrogens is 112 g/mol. The first kappa shape index (κ1) is 8.67. The maximum atomic E-state index is 10.2. The monoisotopic (exact) mass is 128 g/mol. The molecule has 1 aliphatic rings. The van der Waals surface area contributed by atoms with Crippen molar-refractivity contribution in [2.75, 3.05) is 0 Å². The Morgan fingerprint density at radius 2 is 1.44 bits per heavy atom. The molecule has 0 unspecified atom stereocenters. The van der Waals surface area contributed by atoms with Crippen molar-refractivity contribution in [1.29, 1.82) is 0 Å². The second-order valence-corrected chi connectivity index (χ2v) is 2.31. The minimum Gasteiger partial charge on any atom is -0.300 e. The fraction of sp³-hybridized carbons (Fsp3) is 0.875. The van der Waals surface area contributed by atoms with Gasteiger partial charge in [0, 0.05) is 12.8 Å². The number of Topliss-reactive ketones (excluding diaryl/α,β-unsaturated/α-hetero) is 1. The van der Waals surface area contributed by atoms with Gasteiger partial charge in [-0.05, 0) is 0 Å². The van der Waals surface area contributed by atoms with Crippen LogP contribution in [0.25, 0.3) is 0 Å². The number of carbonyl (C=O) groups excluding carboxylic acids is 1. The number of hydrogen-bond acceptors (Lipinski definition) is 1. The summed E-state index contributed by atoms with van der Waals surface area (Å²) in [6.45, 7) is 3.76. The topological polar surface area (TPSA) is 17.1 Å². The van der Waals surface area contributed by atoms with Crippen molar-refractivity contribution in [3.05, 3.63) is 0 Å². The van der Waals surface area contributed by atoms with Crippen molar-refractivity contribution < 1.29 is 4.79 Å². The first-order chi connectivity index (χ1) is 4.31. The van der Waals surface area contributed by atoms with E-state index in [1.165, 1.54) is 19.3 Å². The predicted octanol–water partition coefficient (Wildman–Crippen LogP) is 2.55. The zero-order chi connectivity index (χ0) is 7.11. The highest BCUT2D eigenvalue weighted by molar-refractivity contribution is 5.77. The number of rotatable bonds is 2. The molecule has 1 rings (SSSR count). The van der Waals surface area contributed by atoms with Gasteiger partial charge in [-0.25, -0.2) is 0 Å². The van der Waals surface area contributed by atoms with Crippen LogP contribution >= 0.6 is 0 Å². The third-order valence-electron chi connectivity index (χ3n) is 1.14. The van der Waals surface area contributed by atoms with Crippen molar-refractivity contribution >= 4 is 5.78 Å². The van der Waals surface area contributed by atoms with Crippen molar-refractivity contribution in [3.63, 3.8) is 0 Å². The van der Waals surface area contributed by atoms with Crippen molar-refractivity contribution in [1.82, 2.24) is 0 Å². The summed E-state index contributed by atoms with van der Waals surface area (Å²) in [5.74, 6) is 0.343. The molecule has 0 amide bonds. The summed E-state index contributed by atoms with van der Waals surface area (Å²) in [7, 11) is 0. The summed E-state index contributed by atoms with van der Waals surface area (Å²) in [5, 5.41) is 0. The van der Waals surface area contributed by atoms with E-state index in [2.05, 4.69) is 0 Å². The summed E-state index contributed by atoms with van der Waals surface area (Å²) in [6, 6.07) is 0. The van der Waals surface area contributed by atoms with E-state index >= 15 is 0 Å². The zero-order valence-electron chi connectivity index (χ0n) is 6.44. The van der Waals surface area contributed by atoms with E-state index in [0.717, 1.165) is 0 Å². The molecule has 0 aromatic heterocycles. The standard InChI is InChI=1S/C5H10O.C3H6/c1-3-5(6)4-2;1-2-3-1/h3-4H2,1-2H3;1-3H2. The van der Waals surface area contributed by atoms with Crippen LogP contribution in [0.1, 0.15) is 46.0 Å². The molecule has 0 aliphatic heterocycles. The molecule has 1 fully saturated rings. The number of ketones is 1. The SMILES string of the molecule is C1CC1.CCC(=O)CC. The van der Waals surface area contributed by atoms with Gasteiger partial charge < -0.3 is 0 Å². The molecule has 0 bridgehead atoms. The lowest BCUT2D eigenvalue weighted by molar-refractivity contribution is -0.118. The molecule has 1 saturated carbocycles. The van der Waals surface area contributed by atoms with Gasteiger partial charge in [-0.2, -0.15) is 0 Å². The molecular formula is C8H16O. The van der Waals surface area contributed by atoms with E-state index in [9.17, 15) is 4.79 Å². The van der Waals surface area contributed by atoms with Gasteiger partial charge in [0.1, 0.15) is 5.78 Å². The van der Waals surface area contributed by atoms with Gasteiger partial charge in [-0.1, -0.05) is 33.1 Å². The van der Waals surface area contributed by atoms with Gasteiger partial charge in [0.25, 0.3) is 0 Å². The van der Waals surface area contributed by atoms with Crippen molar-refractivity contribution in [3.8, 4) is 0 Å². The lowest BCUT2D eigenvalue weighted by Crippen LogP contribution is -1.88. The Bertz CT molecular complexity index is 65.9. The molecule has 1 aliphatic carbocycles. The summed E-state index contributed by atoms with van der Waals surface area (Å²) < 4.78 is 0. The summed E-state index contributed by atoms with van der Waals surface area (Å²) >= 11 is 0. The summed E-state index contributed by atoms with van der Waals surface area (Å²) in [4.78, 5) is 10.2. The van der Waals surface area contributed by atoms with Gasteiger partial charge in [0.2, 0.25) is 0 Å². The minimum atomic E-state index is 0.343.